The fraction of sp³-hybridized carbons (Fsp3) is 0.333. The largest absolute Gasteiger partial charge is 0.480 e. The molecule has 2 rings (SSSR count). The topological polar surface area (TPSA) is 75.6 Å². The van der Waals surface area contributed by atoms with E-state index in [1.807, 2.05) is 36.4 Å². The lowest BCUT2D eigenvalue weighted by Gasteiger charge is -2.21. The Bertz CT molecular complexity index is 766. The number of carboxylic acid groups (broad SMARTS) is 1. The number of carboxylic acids is 1. The predicted octanol–water partition coefficient (Wildman–Crippen LogP) is 4.70. The number of halogens is 1. The van der Waals surface area contributed by atoms with Crippen molar-refractivity contribution in [3.05, 3.63) is 45.7 Å². The first kappa shape index (κ1) is 19.5. The normalized spacial score (nSPS) is 12.5. The summed E-state index contributed by atoms with van der Waals surface area (Å²) >= 11 is 5.02. The summed E-state index contributed by atoms with van der Waals surface area (Å²) in [7, 11) is 0. The van der Waals surface area contributed by atoms with E-state index in [1.54, 1.807) is 20.8 Å². The molecule has 134 valence electrons. The van der Waals surface area contributed by atoms with Crippen LogP contribution in [0.15, 0.2) is 40.9 Å². The van der Waals surface area contributed by atoms with Gasteiger partial charge in [-0.25, -0.2) is 9.59 Å². The van der Waals surface area contributed by atoms with Crippen molar-refractivity contribution in [2.24, 2.45) is 0 Å². The summed E-state index contributed by atoms with van der Waals surface area (Å²) in [6, 6.07) is 10.6. The molecule has 0 bridgehead atoms. The molecule has 25 heavy (non-hydrogen) atoms. The first-order valence-corrected chi connectivity index (χ1v) is 9.32. The summed E-state index contributed by atoms with van der Waals surface area (Å²) in [4.78, 5) is 25.2. The molecule has 1 atom stereocenters. The molecule has 2 N–H and O–H groups in total. The number of carbonyl (C=O) groups is 2. The van der Waals surface area contributed by atoms with Gasteiger partial charge < -0.3 is 15.2 Å². The molecule has 1 aromatic heterocycles. The summed E-state index contributed by atoms with van der Waals surface area (Å²) in [6.07, 6.45) is -0.536. The number of hydrogen-bond acceptors (Lipinski definition) is 4. The summed E-state index contributed by atoms with van der Waals surface area (Å²) in [5.41, 5.74) is 0.369. The van der Waals surface area contributed by atoms with Crippen molar-refractivity contribution in [1.82, 2.24) is 5.32 Å². The summed E-state index contributed by atoms with van der Waals surface area (Å²) < 4.78 is 6.11. The van der Waals surface area contributed by atoms with Crippen LogP contribution in [0.2, 0.25) is 0 Å². The summed E-state index contributed by atoms with van der Waals surface area (Å²) in [6.45, 7) is 5.18. The third kappa shape index (κ3) is 5.86. The average Bonchev–Trinajstić information content (AvgIpc) is 2.93. The van der Waals surface area contributed by atoms with Gasteiger partial charge in [0.1, 0.15) is 11.6 Å². The van der Waals surface area contributed by atoms with Crippen molar-refractivity contribution in [2.45, 2.75) is 38.8 Å². The highest BCUT2D eigenvalue weighted by molar-refractivity contribution is 9.10. The Hall–Kier alpha value is -1.86. The molecule has 7 heteroatoms. The fourth-order valence-electron chi connectivity index (χ4n) is 2.14. The molecule has 0 aliphatic carbocycles. The van der Waals surface area contributed by atoms with Crippen molar-refractivity contribution >= 4 is 39.3 Å². The van der Waals surface area contributed by atoms with Gasteiger partial charge >= 0.3 is 12.1 Å². The van der Waals surface area contributed by atoms with E-state index in [9.17, 15) is 14.7 Å². The lowest BCUT2D eigenvalue weighted by molar-refractivity contribution is -0.139. The highest BCUT2D eigenvalue weighted by Gasteiger charge is 2.24. The monoisotopic (exact) mass is 425 g/mol. The zero-order valence-electron chi connectivity index (χ0n) is 14.2. The maximum absolute atomic E-state index is 11.8. The third-order valence-electron chi connectivity index (χ3n) is 3.20. The Labute approximate surface area is 159 Å². The Morgan fingerprint density at radius 3 is 2.52 bits per heavy atom. The van der Waals surface area contributed by atoms with Gasteiger partial charge in [0.25, 0.3) is 0 Å². The smallest absolute Gasteiger partial charge is 0.408 e. The lowest BCUT2D eigenvalue weighted by atomic mass is 10.1. The maximum atomic E-state index is 11.8. The minimum atomic E-state index is -1.10. The molecule has 1 unspecified atom stereocenters. The molecular weight excluding hydrogens is 406 g/mol. The number of carbonyl (C=O) groups excluding carboxylic acids is 1. The van der Waals surface area contributed by atoms with Crippen molar-refractivity contribution in [2.75, 3.05) is 0 Å². The van der Waals surface area contributed by atoms with Crippen LogP contribution in [0.25, 0.3) is 10.4 Å². The SMILES string of the molecule is CC(C)(C)OC(=O)NC(Cc1ccc(-c2ccccc2Br)s1)C(=O)O. The van der Waals surface area contributed by atoms with Crippen LogP contribution in [0, 0.1) is 0 Å². The van der Waals surface area contributed by atoms with Crippen LogP contribution in [-0.4, -0.2) is 28.8 Å². The van der Waals surface area contributed by atoms with Gasteiger partial charge in [-0.1, -0.05) is 34.1 Å². The highest BCUT2D eigenvalue weighted by Crippen LogP contribution is 2.33. The quantitative estimate of drug-likeness (QED) is 0.727. The molecule has 0 radical (unpaired) electrons. The molecule has 0 fully saturated rings. The molecule has 0 aliphatic rings. The molecule has 2 aromatic rings. The molecule has 1 aromatic carbocycles. The van der Waals surface area contributed by atoms with Gasteiger partial charge in [-0.3, -0.25) is 0 Å². The van der Waals surface area contributed by atoms with Gasteiger partial charge in [0.05, 0.1) is 0 Å². The van der Waals surface area contributed by atoms with Crippen LogP contribution in [-0.2, 0) is 16.0 Å². The standard InChI is InChI=1S/C18H20BrNO4S/c1-18(2,3)24-17(23)20-14(16(21)22)10-11-8-9-15(25-11)12-6-4-5-7-13(12)19/h4-9,14H,10H2,1-3H3,(H,20,23)(H,21,22). The Balaban J connectivity index is 2.09. The van der Waals surface area contributed by atoms with Crippen LogP contribution in [0.1, 0.15) is 25.6 Å². The van der Waals surface area contributed by atoms with Crippen molar-refractivity contribution in [3.63, 3.8) is 0 Å². The lowest BCUT2D eigenvalue weighted by Crippen LogP contribution is -2.44. The van der Waals surface area contributed by atoms with E-state index in [1.165, 1.54) is 11.3 Å². The predicted molar refractivity (Wildman–Crippen MR) is 102 cm³/mol. The van der Waals surface area contributed by atoms with E-state index < -0.39 is 23.7 Å². The number of thiophene rings is 1. The number of aliphatic carboxylic acids is 1. The van der Waals surface area contributed by atoms with Crippen LogP contribution in [0.4, 0.5) is 4.79 Å². The van der Waals surface area contributed by atoms with Crippen molar-refractivity contribution < 1.29 is 19.4 Å². The second kappa shape index (κ2) is 8.01. The van der Waals surface area contributed by atoms with Gasteiger partial charge in [0.15, 0.2) is 0 Å². The van der Waals surface area contributed by atoms with Gasteiger partial charge in [-0.15, -0.1) is 11.3 Å². The maximum Gasteiger partial charge on any atom is 0.408 e. The van der Waals surface area contributed by atoms with Gasteiger partial charge in [-0.05, 0) is 39.0 Å². The highest BCUT2D eigenvalue weighted by atomic mass is 79.9. The minimum Gasteiger partial charge on any atom is -0.480 e. The summed E-state index contributed by atoms with van der Waals surface area (Å²) in [5.74, 6) is -1.10. The number of alkyl carbamates (subject to hydrolysis) is 1. The number of nitrogens with one attached hydrogen (secondary N) is 1. The van der Waals surface area contributed by atoms with E-state index in [0.29, 0.717) is 0 Å². The average molecular weight is 426 g/mol. The molecule has 5 nitrogen and oxygen atoms in total. The molecule has 0 spiro atoms. The van der Waals surface area contributed by atoms with Crippen LogP contribution < -0.4 is 5.32 Å². The van der Waals surface area contributed by atoms with E-state index in [4.69, 9.17) is 4.74 Å². The zero-order chi connectivity index (χ0) is 18.6. The molecule has 0 aliphatic heterocycles. The van der Waals surface area contributed by atoms with Crippen molar-refractivity contribution in [3.8, 4) is 10.4 Å². The molecular formula is C18H20BrNO4S. The van der Waals surface area contributed by atoms with E-state index in [0.717, 1.165) is 19.8 Å². The number of hydrogen-bond donors (Lipinski definition) is 2. The Morgan fingerprint density at radius 1 is 1.24 bits per heavy atom. The van der Waals surface area contributed by atoms with Crippen LogP contribution in [0.3, 0.4) is 0 Å². The first-order valence-electron chi connectivity index (χ1n) is 7.71. The second-order valence-corrected chi connectivity index (χ2v) is 8.51. The second-order valence-electron chi connectivity index (χ2n) is 6.49. The van der Waals surface area contributed by atoms with Gasteiger partial charge in [-0.2, -0.15) is 0 Å². The minimum absolute atomic E-state index is 0.198. The third-order valence-corrected chi connectivity index (χ3v) is 5.03. The Kier molecular flexibility index (Phi) is 6.24. The Morgan fingerprint density at radius 2 is 1.92 bits per heavy atom. The number of benzene rings is 1. The zero-order valence-corrected chi connectivity index (χ0v) is 16.6. The molecule has 0 saturated carbocycles. The van der Waals surface area contributed by atoms with Gasteiger partial charge in [0.2, 0.25) is 0 Å². The van der Waals surface area contributed by atoms with E-state index >= 15 is 0 Å². The summed E-state index contributed by atoms with van der Waals surface area (Å²) in [5, 5.41) is 11.8. The van der Waals surface area contributed by atoms with Crippen LogP contribution >= 0.6 is 27.3 Å². The van der Waals surface area contributed by atoms with E-state index in [-0.39, 0.29) is 6.42 Å². The van der Waals surface area contributed by atoms with Crippen LogP contribution in [0.5, 0.6) is 0 Å². The van der Waals surface area contributed by atoms with Gasteiger partial charge in [0, 0.05) is 26.2 Å². The number of rotatable bonds is 5. The molecule has 1 heterocycles. The molecule has 1 amide bonds. The number of amides is 1. The van der Waals surface area contributed by atoms with E-state index in [2.05, 4.69) is 21.2 Å². The fourth-order valence-corrected chi connectivity index (χ4v) is 3.87. The molecule has 0 saturated heterocycles. The first-order chi connectivity index (χ1) is 11.7. The number of ether oxygens (including phenoxy) is 1. The van der Waals surface area contributed by atoms with Crippen molar-refractivity contribution in [1.29, 1.82) is 0 Å².